The summed E-state index contributed by atoms with van der Waals surface area (Å²) in [5, 5.41) is 10.7. The summed E-state index contributed by atoms with van der Waals surface area (Å²) in [6.45, 7) is 0.813. The second kappa shape index (κ2) is 11.1. The van der Waals surface area contributed by atoms with Crippen LogP contribution in [0.4, 0.5) is 0 Å². The molecule has 1 aliphatic heterocycles. The molecule has 4 rings (SSSR count). The highest BCUT2D eigenvalue weighted by Crippen LogP contribution is 2.25. The van der Waals surface area contributed by atoms with Crippen LogP contribution in [0.15, 0.2) is 84.9 Å². The maximum Gasteiger partial charge on any atom is 0.222 e. The van der Waals surface area contributed by atoms with E-state index in [1.165, 1.54) is 16.7 Å². The van der Waals surface area contributed by atoms with Crippen molar-refractivity contribution in [3.63, 3.8) is 0 Å². The first-order chi connectivity index (χ1) is 15.7. The molecular formula is C29H33NO2. The standard InChI is InChI=1S/C29H33NO2/c31-28(22-24-11-7-15-26(21-24)25-13-5-2-6-14-25)18-16-27-17-19-29(32)30(27)20-8-12-23-9-3-1-4-10-23/h1-7,9-11,13-15,21,27-28,31H,8,12,16-20,22H2. The SMILES string of the molecule is O=C1CCC(CCC(O)Cc2cccc(-c3ccccc3)c2)N1CCCc1ccccc1. The van der Waals surface area contributed by atoms with Crippen LogP contribution in [-0.2, 0) is 17.6 Å². The highest BCUT2D eigenvalue weighted by atomic mass is 16.3. The number of carbonyl (C=O) groups is 1. The zero-order chi connectivity index (χ0) is 22.2. The summed E-state index contributed by atoms with van der Waals surface area (Å²) in [6, 6.07) is 29.5. The fourth-order valence-corrected chi connectivity index (χ4v) is 4.77. The monoisotopic (exact) mass is 427 g/mol. The zero-order valence-electron chi connectivity index (χ0n) is 18.7. The van der Waals surface area contributed by atoms with Gasteiger partial charge in [-0.3, -0.25) is 4.79 Å². The Balaban J connectivity index is 1.26. The van der Waals surface area contributed by atoms with Crippen molar-refractivity contribution in [1.82, 2.24) is 4.90 Å². The molecule has 166 valence electrons. The van der Waals surface area contributed by atoms with E-state index >= 15 is 0 Å². The third-order valence-corrected chi connectivity index (χ3v) is 6.50. The first kappa shape index (κ1) is 22.3. The number of hydrogen-bond donors (Lipinski definition) is 1. The summed E-state index contributed by atoms with van der Waals surface area (Å²) < 4.78 is 0. The van der Waals surface area contributed by atoms with Crippen LogP contribution in [0, 0.1) is 0 Å². The van der Waals surface area contributed by atoms with Gasteiger partial charge in [-0.05, 0) is 60.8 Å². The molecule has 3 heteroatoms. The van der Waals surface area contributed by atoms with Crippen molar-refractivity contribution in [3.8, 4) is 11.1 Å². The highest BCUT2D eigenvalue weighted by Gasteiger charge is 2.30. The quantitative estimate of drug-likeness (QED) is 0.453. The van der Waals surface area contributed by atoms with E-state index in [1.807, 2.05) is 24.3 Å². The lowest BCUT2D eigenvalue weighted by atomic mass is 9.97. The minimum atomic E-state index is -0.386. The van der Waals surface area contributed by atoms with E-state index in [0.29, 0.717) is 12.8 Å². The molecule has 1 aliphatic rings. The molecule has 1 fully saturated rings. The van der Waals surface area contributed by atoms with E-state index in [-0.39, 0.29) is 18.1 Å². The van der Waals surface area contributed by atoms with Crippen molar-refractivity contribution in [2.75, 3.05) is 6.54 Å². The molecule has 0 radical (unpaired) electrons. The van der Waals surface area contributed by atoms with E-state index in [2.05, 4.69) is 65.6 Å². The van der Waals surface area contributed by atoms with E-state index in [0.717, 1.165) is 44.2 Å². The Morgan fingerprint density at radius 3 is 2.34 bits per heavy atom. The van der Waals surface area contributed by atoms with Crippen molar-refractivity contribution in [3.05, 3.63) is 96.1 Å². The first-order valence-corrected chi connectivity index (χ1v) is 11.8. The van der Waals surface area contributed by atoms with Crippen LogP contribution in [0.25, 0.3) is 11.1 Å². The number of aliphatic hydroxyl groups excluding tert-OH is 1. The van der Waals surface area contributed by atoms with E-state index < -0.39 is 0 Å². The van der Waals surface area contributed by atoms with Crippen molar-refractivity contribution in [1.29, 1.82) is 0 Å². The van der Waals surface area contributed by atoms with Gasteiger partial charge in [0.25, 0.3) is 0 Å². The first-order valence-electron chi connectivity index (χ1n) is 11.8. The molecule has 1 heterocycles. The Bertz CT molecular complexity index is 986. The number of aliphatic hydroxyl groups is 1. The third-order valence-electron chi connectivity index (χ3n) is 6.50. The van der Waals surface area contributed by atoms with Gasteiger partial charge in [0.2, 0.25) is 5.91 Å². The summed E-state index contributed by atoms with van der Waals surface area (Å²) in [7, 11) is 0. The van der Waals surface area contributed by atoms with Gasteiger partial charge in [0.15, 0.2) is 0 Å². The number of benzene rings is 3. The average Bonchev–Trinajstić information content (AvgIpc) is 3.18. The molecule has 1 amide bonds. The molecule has 3 aromatic carbocycles. The Morgan fingerprint density at radius 1 is 0.875 bits per heavy atom. The number of nitrogens with zero attached hydrogens (tertiary/aromatic N) is 1. The van der Waals surface area contributed by atoms with E-state index in [1.54, 1.807) is 0 Å². The normalized spacial score (nSPS) is 17.0. The maximum atomic E-state index is 12.4. The van der Waals surface area contributed by atoms with Crippen molar-refractivity contribution in [2.45, 2.75) is 57.1 Å². The van der Waals surface area contributed by atoms with Crippen molar-refractivity contribution in [2.24, 2.45) is 0 Å². The van der Waals surface area contributed by atoms with Crippen LogP contribution in [0.2, 0.25) is 0 Å². The number of amides is 1. The lowest BCUT2D eigenvalue weighted by Gasteiger charge is -2.26. The van der Waals surface area contributed by atoms with Gasteiger partial charge < -0.3 is 10.0 Å². The Morgan fingerprint density at radius 2 is 1.56 bits per heavy atom. The predicted molar refractivity (Wildman–Crippen MR) is 130 cm³/mol. The largest absolute Gasteiger partial charge is 0.393 e. The Hall–Kier alpha value is -2.91. The van der Waals surface area contributed by atoms with E-state index in [4.69, 9.17) is 0 Å². The molecule has 1 N–H and O–H groups in total. The molecule has 1 saturated heterocycles. The van der Waals surface area contributed by atoms with Gasteiger partial charge in [-0.15, -0.1) is 0 Å². The fraction of sp³-hybridized carbons (Fsp3) is 0.345. The summed E-state index contributed by atoms with van der Waals surface area (Å²) in [4.78, 5) is 14.5. The van der Waals surface area contributed by atoms with Crippen molar-refractivity contribution < 1.29 is 9.90 Å². The molecule has 0 bridgehead atoms. The number of hydrogen-bond acceptors (Lipinski definition) is 2. The number of aryl methyl sites for hydroxylation is 1. The summed E-state index contributed by atoms with van der Waals surface area (Å²) in [5.41, 5.74) is 4.85. The molecule has 32 heavy (non-hydrogen) atoms. The number of likely N-dealkylation sites (tertiary alicyclic amines) is 1. The van der Waals surface area contributed by atoms with Gasteiger partial charge in [-0.25, -0.2) is 0 Å². The van der Waals surface area contributed by atoms with Crippen molar-refractivity contribution >= 4 is 5.91 Å². The molecule has 2 unspecified atom stereocenters. The molecule has 3 aromatic rings. The van der Waals surface area contributed by atoms with Gasteiger partial charge in [0.1, 0.15) is 0 Å². The second-order valence-electron chi connectivity index (χ2n) is 8.87. The number of carbonyl (C=O) groups excluding carboxylic acids is 1. The fourth-order valence-electron chi connectivity index (χ4n) is 4.77. The smallest absolute Gasteiger partial charge is 0.222 e. The van der Waals surface area contributed by atoms with Gasteiger partial charge >= 0.3 is 0 Å². The van der Waals surface area contributed by atoms with Crippen LogP contribution < -0.4 is 0 Å². The Labute approximate surface area is 191 Å². The zero-order valence-corrected chi connectivity index (χ0v) is 18.7. The van der Waals surface area contributed by atoms with E-state index in [9.17, 15) is 9.90 Å². The van der Waals surface area contributed by atoms with Gasteiger partial charge in [-0.2, -0.15) is 0 Å². The van der Waals surface area contributed by atoms with Gasteiger partial charge in [0.05, 0.1) is 6.10 Å². The second-order valence-corrected chi connectivity index (χ2v) is 8.87. The molecule has 0 aliphatic carbocycles. The molecule has 3 nitrogen and oxygen atoms in total. The maximum absolute atomic E-state index is 12.4. The van der Waals surface area contributed by atoms with Gasteiger partial charge in [-0.1, -0.05) is 84.9 Å². The predicted octanol–water partition coefficient (Wildman–Crippen LogP) is 5.66. The van der Waals surface area contributed by atoms with Crippen LogP contribution in [0.1, 0.15) is 43.2 Å². The number of rotatable bonds is 10. The summed E-state index contributed by atoms with van der Waals surface area (Å²) in [6.07, 6.45) is 5.40. The van der Waals surface area contributed by atoms with Crippen LogP contribution in [-0.4, -0.2) is 34.6 Å². The third kappa shape index (κ3) is 6.08. The minimum absolute atomic E-state index is 0.267. The van der Waals surface area contributed by atoms with Gasteiger partial charge in [0, 0.05) is 19.0 Å². The minimum Gasteiger partial charge on any atom is -0.393 e. The molecule has 0 spiro atoms. The highest BCUT2D eigenvalue weighted by molar-refractivity contribution is 5.78. The topological polar surface area (TPSA) is 40.5 Å². The lowest BCUT2D eigenvalue weighted by Crippen LogP contribution is -2.34. The summed E-state index contributed by atoms with van der Waals surface area (Å²) in [5.74, 6) is 0.271. The molecule has 0 aromatic heterocycles. The molecule has 0 saturated carbocycles. The molecule has 2 atom stereocenters. The lowest BCUT2D eigenvalue weighted by molar-refractivity contribution is -0.129. The van der Waals surface area contributed by atoms with Crippen LogP contribution in [0.3, 0.4) is 0 Å². The summed E-state index contributed by atoms with van der Waals surface area (Å²) >= 11 is 0. The van der Waals surface area contributed by atoms with Crippen LogP contribution in [0.5, 0.6) is 0 Å². The van der Waals surface area contributed by atoms with Crippen LogP contribution >= 0.6 is 0 Å². The average molecular weight is 428 g/mol. The Kier molecular flexibility index (Phi) is 7.73. The molecular weight excluding hydrogens is 394 g/mol.